The molecule has 0 saturated carbocycles. The van der Waals surface area contributed by atoms with Crippen LogP contribution < -0.4 is 0 Å². The molecule has 0 aromatic heterocycles. The molecule has 20 heavy (non-hydrogen) atoms. The van der Waals surface area contributed by atoms with Crippen LogP contribution in [0.2, 0.25) is 0 Å². The van der Waals surface area contributed by atoms with Crippen LogP contribution in [0, 0.1) is 5.82 Å². The van der Waals surface area contributed by atoms with Gasteiger partial charge >= 0.3 is 0 Å². The Labute approximate surface area is 121 Å². The fourth-order valence-electron chi connectivity index (χ4n) is 1.55. The first-order chi connectivity index (χ1) is 9.53. The topological polar surface area (TPSA) is 46.5 Å². The second kappa shape index (κ2) is 6.19. The summed E-state index contributed by atoms with van der Waals surface area (Å²) in [6.07, 6.45) is 1.72. The number of sulfonamides is 1. The van der Waals surface area contributed by atoms with Gasteiger partial charge in [-0.3, -0.25) is 0 Å². The molecule has 0 N–H and O–H groups in total. The number of halogens is 1. The van der Waals surface area contributed by atoms with Crippen LogP contribution in [0.1, 0.15) is 5.56 Å². The van der Waals surface area contributed by atoms with Crippen LogP contribution in [-0.2, 0) is 10.0 Å². The van der Waals surface area contributed by atoms with Gasteiger partial charge < -0.3 is 0 Å². The van der Waals surface area contributed by atoms with E-state index in [4.69, 9.17) is 0 Å². The maximum absolute atomic E-state index is 12.9. The Morgan fingerprint density at radius 3 is 2.20 bits per heavy atom. The van der Waals surface area contributed by atoms with Crippen molar-refractivity contribution in [1.29, 1.82) is 0 Å². The monoisotopic (exact) mass is 309 g/mol. The zero-order valence-electron chi connectivity index (χ0n) is 10.7. The minimum Gasteiger partial charge on any atom is -0.207 e. The van der Waals surface area contributed by atoms with Crippen LogP contribution >= 0.6 is 11.8 Å². The molecule has 0 radical (unpaired) electrons. The third-order valence-electron chi connectivity index (χ3n) is 2.53. The number of nitrogens with zero attached hydrogens (tertiary/aromatic N) is 1. The Bertz CT molecular complexity index is 711. The van der Waals surface area contributed by atoms with E-state index in [1.54, 1.807) is 24.5 Å². The van der Waals surface area contributed by atoms with Gasteiger partial charge in [-0.15, -0.1) is 11.8 Å². The summed E-state index contributed by atoms with van der Waals surface area (Å²) in [5, 5.41) is 0.328. The molecule has 2 aromatic rings. The lowest BCUT2D eigenvalue weighted by molar-refractivity contribution is 0.598. The van der Waals surface area contributed by atoms with Crippen molar-refractivity contribution in [2.75, 3.05) is 6.26 Å². The van der Waals surface area contributed by atoms with Gasteiger partial charge in [-0.25, -0.2) is 4.39 Å². The second-order valence-corrected chi connectivity index (χ2v) is 6.29. The van der Waals surface area contributed by atoms with Crippen molar-refractivity contribution in [3.05, 3.63) is 66.0 Å². The zero-order chi connectivity index (χ0) is 14.6. The molecule has 0 amide bonds. The van der Waals surface area contributed by atoms with Gasteiger partial charge in [-0.05, 0) is 42.7 Å². The third kappa shape index (κ3) is 3.46. The van der Waals surface area contributed by atoms with Crippen molar-refractivity contribution in [3.8, 4) is 0 Å². The van der Waals surface area contributed by atoms with Crippen LogP contribution in [0.25, 0.3) is 0 Å². The highest BCUT2D eigenvalue weighted by atomic mass is 32.2. The quantitative estimate of drug-likeness (QED) is 0.645. The summed E-state index contributed by atoms with van der Waals surface area (Å²) in [5.74, 6) is -0.375. The molecule has 104 valence electrons. The van der Waals surface area contributed by atoms with E-state index in [-0.39, 0.29) is 10.7 Å². The summed E-state index contributed by atoms with van der Waals surface area (Å²) < 4.78 is 41.1. The van der Waals surface area contributed by atoms with Crippen molar-refractivity contribution in [2.24, 2.45) is 4.40 Å². The largest absolute Gasteiger partial charge is 0.283 e. The first kappa shape index (κ1) is 14.7. The normalized spacial score (nSPS) is 12.4. The summed E-state index contributed by atoms with van der Waals surface area (Å²) >= 11 is 1.20. The summed E-state index contributed by atoms with van der Waals surface area (Å²) in [6, 6.07) is 13.5. The van der Waals surface area contributed by atoms with E-state index >= 15 is 0 Å². The second-order valence-electron chi connectivity index (χ2n) is 3.90. The van der Waals surface area contributed by atoms with Gasteiger partial charge in [0.2, 0.25) is 0 Å². The molecule has 0 bridgehead atoms. The van der Waals surface area contributed by atoms with Gasteiger partial charge in [-0.2, -0.15) is 12.8 Å². The molecule has 0 unspecified atom stereocenters. The summed E-state index contributed by atoms with van der Waals surface area (Å²) in [7, 11) is -3.76. The van der Waals surface area contributed by atoms with E-state index in [2.05, 4.69) is 4.40 Å². The predicted molar refractivity (Wildman–Crippen MR) is 80.1 cm³/mol. The SMILES string of the molecule is CS/C(=N/S(=O)(=O)c1ccccc1)c1ccc(F)cc1. The Morgan fingerprint density at radius 2 is 1.65 bits per heavy atom. The number of hydrogen-bond donors (Lipinski definition) is 0. The van der Waals surface area contributed by atoms with Crippen molar-refractivity contribution < 1.29 is 12.8 Å². The molecule has 6 heteroatoms. The average Bonchev–Trinajstić information content (AvgIpc) is 2.47. The number of benzene rings is 2. The first-order valence-corrected chi connectivity index (χ1v) is 8.39. The van der Waals surface area contributed by atoms with Crippen LogP contribution in [0.4, 0.5) is 4.39 Å². The van der Waals surface area contributed by atoms with E-state index in [1.165, 1.54) is 48.2 Å². The standard InChI is InChI=1S/C14H12FNO2S2/c1-19-14(11-7-9-12(15)10-8-11)16-20(17,18)13-5-3-2-4-6-13/h2-10H,1H3/b16-14+. The molecule has 0 spiro atoms. The molecule has 0 heterocycles. The van der Waals surface area contributed by atoms with Crippen LogP contribution in [-0.4, -0.2) is 19.7 Å². The van der Waals surface area contributed by atoms with E-state index in [0.717, 1.165) is 0 Å². The van der Waals surface area contributed by atoms with Crippen LogP contribution in [0.5, 0.6) is 0 Å². The molecule has 0 aliphatic rings. The Hall–Kier alpha value is -1.66. The molecule has 0 fully saturated rings. The van der Waals surface area contributed by atoms with Gasteiger partial charge in [0.15, 0.2) is 0 Å². The predicted octanol–water partition coefficient (Wildman–Crippen LogP) is 3.32. The van der Waals surface area contributed by atoms with Gasteiger partial charge in [0.1, 0.15) is 10.9 Å². The number of thioether (sulfide) groups is 1. The van der Waals surface area contributed by atoms with Crippen molar-refractivity contribution in [3.63, 3.8) is 0 Å². The van der Waals surface area contributed by atoms with Crippen LogP contribution in [0.15, 0.2) is 63.9 Å². The lowest BCUT2D eigenvalue weighted by Crippen LogP contribution is -2.03. The van der Waals surface area contributed by atoms with E-state index in [1.807, 2.05) is 0 Å². The molecular formula is C14H12FNO2S2. The molecule has 2 aromatic carbocycles. The molecule has 3 nitrogen and oxygen atoms in total. The van der Waals surface area contributed by atoms with Gasteiger partial charge in [0.25, 0.3) is 10.0 Å². The fourth-order valence-corrected chi connectivity index (χ4v) is 3.45. The highest BCUT2D eigenvalue weighted by Gasteiger charge is 2.14. The summed E-state index contributed by atoms with van der Waals surface area (Å²) in [5.41, 5.74) is 0.568. The highest BCUT2D eigenvalue weighted by molar-refractivity contribution is 8.14. The first-order valence-electron chi connectivity index (χ1n) is 5.73. The molecule has 0 aliphatic carbocycles. The minimum absolute atomic E-state index is 0.133. The van der Waals surface area contributed by atoms with E-state index in [0.29, 0.717) is 10.6 Å². The lowest BCUT2D eigenvalue weighted by atomic mass is 10.2. The van der Waals surface area contributed by atoms with Crippen LogP contribution in [0.3, 0.4) is 0 Å². The Kier molecular flexibility index (Phi) is 4.57. The van der Waals surface area contributed by atoms with Crippen molar-refractivity contribution >= 4 is 26.8 Å². The molecule has 0 saturated heterocycles. The molecule has 0 atom stereocenters. The van der Waals surface area contributed by atoms with Gasteiger partial charge in [0, 0.05) is 5.56 Å². The maximum Gasteiger partial charge on any atom is 0.283 e. The number of hydrogen-bond acceptors (Lipinski definition) is 3. The summed E-state index contributed by atoms with van der Waals surface area (Å²) in [4.78, 5) is 0.133. The lowest BCUT2D eigenvalue weighted by Gasteiger charge is -2.04. The van der Waals surface area contributed by atoms with E-state index in [9.17, 15) is 12.8 Å². The molecule has 2 rings (SSSR count). The molecular weight excluding hydrogens is 297 g/mol. The summed E-state index contributed by atoms with van der Waals surface area (Å²) in [6.45, 7) is 0. The minimum atomic E-state index is -3.76. The third-order valence-corrected chi connectivity index (χ3v) is 4.65. The van der Waals surface area contributed by atoms with Gasteiger partial charge in [-0.1, -0.05) is 18.2 Å². The average molecular weight is 309 g/mol. The molecule has 0 aliphatic heterocycles. The van der Waals surface area contributed by atoms with Crippen molar-refractivity contribution in [1.82, 2.24) is 0 Å². The highest BCUT2D eigenvalue weighted by Crippen LogP contribution is 2.18. The van der Waals surface area contributed by atoms with Gasteiger partial charge in [0.05, 0.1) is 4.90 Å². The smallest absolute Gasteiger partial charge is 0.207 e. The van der Waals surface area contributed by atoms with Crippen molar-refractivity contribution in [2.45, 2.75) is 4.90 Å². The fraction of sp³-hybridized carbons (Fsp3) is 0.0714. The number of rotatable bonds is 3. The Balaban J connectivity index is 2.43. The van der Waals surface area contributed by atoms with E-state index < -0.39 is 10.0 Å². The Morgan fingerprint density at radius 1 is 1.05 bits per heavy atom. The zero-order valence-corrected chi connectivity index (χ0v) is 12.3. The maximum atomic E-state index is 12.9.